The van der Waals surface area contributed by atoms with E-state index in [9.17, 15) is 24.8 Å². The molecule has 0 aliphatic carbocycles. The largest absolute Gasteiger partial charge is 0.480 e. The van der Waals surface area contributed by atoms with Crippen LogP contribution in [0.3, 0.4) is 0 Å². The molecule has 3 N–H and O–H groups in total. The molecule has 1 saturated heterocycles. The highest BCUT2D eigenvalue weighted by Gasteiger charge is 2.44. The summed E-state index contributed by atoms with van der Waals surface area (Å²) in [5, 5.41) is 19.9. The van der Waals surface area contributed by atoms with Gasteiger partial charge in [0.1, 0.15) is 6.04 Å². The second kappa shape index (κ2) is 9.38. The van der Waals surface area contributed by atoms with E-state index in [1.165, 1.54) is 11.0 Å². The van der Waals surface area contributed by atoms with Crippen LogP contribution in [0.15, 0.2) is 66.7 Å². The van der Waals surface area contributed by atoms with Gasteiger partial charge in [0.2, 0.25) is 0 Å². The van der Waals surface area contributed by atoms with Gasteiger partial charge in [-0.15, -0.1) is 0 Å². The number of hydrogen-bond acceptors (Lipinski definition) is 4. The molecule has 0 spiro atoms. The van der Waals surface area contributed by atoms with Gasteiger partial charge in [-0.1, -0.05) is 66.2 Å². The summed E-state index contributed by atoms with van der Waals surface area (Å²) < 4.78 is 0. The lowest BCUT2D eigenvalue weighted by molar-refractivity contribution is -0.141. The van der Waals surface area contributed by atoms with E-state index in [1.54, 1.807) is 60.7 Å². The first kappa shape index (κ1) is 23.0. The summed E-state index contributed by atoms with van der Waals surface area (Å²) in [6.07, 6.45) is 0.582. The minimum absolute atomic E-state index is 0.0594. The Morgan fingerprint density at radius 3 is 2.26 bits per heavy atom. The van der Waals surface area contributed by atoms with Crippen LogP contribution < -0.4 is 5.73 Å². The predicted molar refractivity (Wildman–Crippen MR) is 126 cm³/mol. The summed E-state index contributed by atoms with van der Waals surface area (Å²) in [5.74, 6) is -2.81. The lowest BCUT2D eigenvalue weighted by Crippen LogP contribution is -2.43. The fraction of sp³-hybridized carbons (Fsp3) is 0.154. The summed E-state index contributed by atoms with van der Waals surface area (Å²) in [6.45, 7) is 0. The maximum absolute atomic E-state index is 14.1. The molecule has 2 unspecified atom stereocenters. The zero-order chi connectivity index (χ0) is 24.4. The van der Waals surface area contributed by atoms with Crippen LogP contribution in [0.4, 0.5) is 0 Å². The molecule has 2 amide bonds. The van der Waals surface area contributed by atoms with Gasteiger partial charge in [-0.2, -0.15) is 5.26 Å². The molecule has 4 rings (SSSR count). The highest BCUT2D eigenvalue weighted by molar-refractivity contribution is 6.31. The standard InChI is InChI=1S/C26H20ClN3O4/c27-19-9-5-4-8-18(19)20-12-13-21(26(33)34)30(20)25(32)23-17(15-6-2-1-3-7-15)11-10-16(14-28)22(23)24(29)31/h1-11,20-21H,12-13H2,(H2,29,31)(H,33,34). The molecule has 170 valence electrons. The van der Waals surface area contributed by atoms with Crippen LogP contribution in [-0.4, -0.2) is 33.8 Å². The van der Waals surface area contributed by atoms with Crippen LogP contribution in [-0.2, 0) is 4.79 Å². The molecule has 1 aliphatic heterocycles. The molecule has 7 nitrogen and oxygen atoms in total. The SMILES string of the molecule is N#Cc1ccc(-c2ccccc2)c(C(=O)N2C(C(=O)O)CCC2c2ccccc2Cl)c1C(N)=O. The Morgan fingerprint density at radius 2 is 1.65 bits per heavy atom. The molecule has 2 atom stereocenters. The van der Waals surface area contributed by atoms with Crippen molar-refractivity contribution >= 4 is 29.4 Å². The number of nitrogens with zero attached hydrogens (tertiary/aromatic N) is 2. The summed E-state index contributed by atoms with van der Waals surface area (Å²) in [5.41, 5.74) is 6.87. The van der Waals surface area contributed by atoms with Crippen LogP contribution in [0, 0.1) is 11.3 Å². The topological polar surface area (TPSA) is 124 Å². The number of rotatable bonds is 5. The molecule has 1 heterocycles. The third kappa shape index (κ3) is 4.00. The maximum Gasteiger partial charge on any atom is 0.326 e. The second-order valence-corrected chi connectivity index (χ2v) is 8.34. The first-order valence-corrected chi connectivity index (χ1v) is 10.9. The number of primary amides is 1. The summed E-state index contributed by atoms with van der Waals surface area (Å²) >= 11 is 6.40. The Morgan fingerprint density at radius 1 is 0.971 bits per heavy atom. The van der Waals surface area contributed by atoms with Crippen molar-refractivity contribution in [3.8, 4) is 17.2 Å². The Kier molecular flexibility index (Phi) is 6.35. The molecule has 8 heteroatoms. The number of nitrogens with two attached hydrogens (primary N) is 1. The Hall–Kier alpha value is -4.15. The monoisotopic (exact) mass is 473 g/mol. The molecule has 0 saturated carbocycles. The van der Waals surface area contributed by atoms with Gasteiger partial charge in [0.25, 0.3) is 11.8 Å². The minimum atomic E-state index is -1.17. The van der Waals surface area contributed by atoms with E-state index in [2.05, 4.69) is 0 Å². The minimum Gasteiger partial charge on any atom is -0.480 e. The van der Waals surface area contributed by atoms with E-state index < -0.39 is 29.9 Å². The Labute approximate surface area is 201 Å². The molecule has 3 aromatic rings. The van der Waals surface area contributed by atoms with E-state index >= 15 is 0 Å². The van der Waals surface area contributed by atoms with Gasteiger partial charge in [0, 0.05) is 5.02 Å². The summed E-state index contributed by atoms with van der Waals surface area (Å²) in [6, 6.07) is 19.0. The van der Waals surface area contributed by atoms with Crippen molar-refractivity contribution in [2.75, 3.05) is 0 Å². The Bertz CT molecular complexity index is 1330. The number of likely N-dealkylation sites (tertiary alicyclic amines) is 1. The number of nitriles is 1. The van der Waals surface area contributed by atoms with Crippen LogP contribution >= 0.6 is 11.6 Å². The van der Waals surface area contributed by atoms with E-state index in [1.807, 2.05) is 6.07 Å². The fourth-order valence-corrected chi connectivity index (χ4v) is 4.81. The first-order chi connectivity index (χ1) is 16.3. The van der Waals surface area contributed by atoms with Crippen molar-refractivity contribution in [2.24, 2.45) is 5.73 Å². The van der Waals surface area contributed by atoms with Crippen molar-refractivity contribution in [1.82, 2.24) is 4.90 Å². The zero-order valence-electron chi connectivity index (χ0n) is 17.9. The molecular weight excluding hydrogens is 454 g/mol. The van der Waals surface area contributed by atoms with Crippen molar-refractivity contribution < 1.29 is 19.5 Å². The lowest BCUT2D eigenvalue weighted by atomic mass is 9.90. The molecule has 0 radical (unpaired) electrons. The van der Waals surface area contributed by atoms with Crippen molar-refractivity contribution in [3.05, 3.63) is 94.0 Å². The van der Waals surface area contributed by atoms with Gasteiger partial charge in [0.05, 0.1) is 28.8 Å². The van der Waals surface area contributed by atoms with E-state index in [-0.39, 0.29) is 23.1 Å². The predicted octanol–water partition coefficient (Wildman–Crippen LogP) is 4.41. The Balaban J connectivity index is 1.97. The summed E-state index contributed by atoms with van der Waals surface area (Å²) in [4.78, 5) is 40.0. The first-order valence-electron chi connectivity index (χ1n) is 10.6. The highest BCUT2D eigenvalue weighted by atomic mass is 35.5. The van der Waals surface area contributed by atoms with Gasteiger partial charge < -0.3 is 15.7 Å². The van der Waals surface area contributed by atoms with Crippen LogP contribution in [0.1, 0.15) is 50.7 Å². The molecule has 0 bridgehead atoms. The van der Waals surface area contributed by atoms with Gasteiger partial charge in [-0.05, 0) is 41.7 Å². The number of halogens is 1. The molecule has 34 heavy (non-hydrogen) atoms. The number of aliphatic carboxylic acids is 1. The zero-order valence-corrected chi connectivity index (χ0v) is 18.7. The normalized spacial score (nSPS) is 17.2. The number of carbonyl (C=O) groups is 3. The average molecular weight is 474 g/mol. The third-order valence-corrected chi connectivity index (χ3v) is 6.38. The van der Waals surface area contributed by atoms with Crippen LogP contribution in [0.5, 0.6) is 0 Å². The number of carboxylic acid groups (broad SMARTS) is 1. The fourth-order valence-electron chi connectivity index (χ4n) is 4.55. The number of carboxylic acids is 1. The van der Waals surface area contributed by atoms with Gasteiger partial charge in [-0.25, -0.2) is 4.79 Å². The van der Waals surface area contributed by atoms with E-state index in [0.29, 0.717) is 28.1 Å². The molecule has 0 aromatic heterocycles. The third-order valence-electron chi connectivity index (χ3n) is 6.04. The van der Waals surface area contributed by atoms with Crippen LogP contribution in [0.25, 0.3) is 11.1 Å². The molecule has 3 aromatic carbocycles. The molecular formula is C26H20ClN3O4. The van der Waals surface area contributed by atoms with Crippen LogP contribution in [0.2, 0.25) is 5.02 Å². The molecule has 1 fully saturated rings. The number of hydrogen-bond donors (Lipinski definition) is 2. The number of benzene rings is 3. The smallest absolute Gasteiger partial charge is 0.326 e. The lowest BCUT2D eigenvalue weighted by Gasteiger charge is -2.30. The van der Waals surface area contributed by atoms with E-state index in [0.717, 1.165) is 0 Å². The number of amides is 2. The van der Waals surface area contributed by atoms with Crippen molar-refractivity contribution in [1.29, 1.82) is 5.26 Å². The van der Waals surface area contributed by atoms with Crippen molar-refractivity contribution in [3.63, 3.8) is 0 Å². The van der Waals surface area contributed by atoms with Gasteiger partial charge in [-0.3, -0.25) is 9.59 Å². The van der Waals surface area contributed by atoms with E-state index in [4.69, 9.17) is 17.3 Å². The summed E-state index contributed by atoms with van der Waals surface area (Å²) in [7, 11) is 0. The van der Waals surface area contributed by atoms with Gasteiger partial charge in [0.15, 0.2) is 0 Å². The van der Waals surface area contributed by atoms with Gasteiger partial charge >= 0.3 is 5.97 Å². The second-order valence-electron chi connectivity index (χ2n) is 7.93. The average Bonchev–Trinajstić information content (AvgIpc) is 3.28. The number of carbonyl (C=O) groups excluding carboxylic acids is 2. The quantitative estimate of drug-likeness (QED) is 0.568. The maximum atomic E-state index is 14.1. The van der Waals surface area contributed by atoms with Crippen molar-refractivity contribution in [2.45, 2.75) is 24.9 Å². The highest BCUT2D eigenvalue weighted by Crippen LogP contribution is 2.42. The molecule has 1 aliphatic rings.